The predicted octanol–water partition coefficient (Wildman–Crippen LogP) is 1.92. The third-order valence-corrected chi connectivity index (χ3v) is 4.75. The lowest BCUT2D eigenvalue weighted by Gasteiger charge is -2.42. The smallest absolute Gasteiger partial charge is 0.308 e. The average molecular weight is 315 g/mol. The first-order valence-electron chi connectivity index (χ1n) is 8.14. The molecule has 1 heterocycles. The van der Waals surface area contributed by atoms with Gasteiger partial charge in [-0.3, -0.25) is 14.4 Å². The number of esters is 1. The van der Waals surface area contributed by atoms with Gasteiger partial charge in [0.2, 0.25) is 0 Å². The molecule has 2 aliphatic rings. The number of carbonyl (C=O) groups is 3. The summed E-state index contributed by atoms with van der Waals surface area (Å²) in [5.74, 6) is -0.756. The number of ether oxygens (including phenoxy) is 1. The number of rotatable bonds is 3. The molecule has 1 unspecified atom stereocenters. The molecule has 2 fully saturated rings. The molecule has 1 saturated carbocycles. The third-order valence-electron chi connectivity index (χ3n) is 4.75. The van der Waals surface area contributed by atoms with Crippen molar-refractivity contribution in [3.05, 3.63) is 35.9 Å². The highest BCUT2D eigenvalue weighted by Gasteiger charge is 2.45. The van der Waals surface area contributed by atoms with Crippen molar-refractivity contribution in [2.24, 2.45) is 17.8 Å². The van der Waals surface area contributed by atoms with Crippen LogP contribution in [-0.2, 0) is 14.3 Å². The van der Waals surface area contributed by atoms with Crippen LogP contribution in [0.4, 0.5) is 0 Å². The number of benzene rings is 1. The second-order valence-corrected chi connectivity index (χ2v) is 6.29. The van der Waals surface area contributed by atoms with Gasteiger partial charge in [0.25, 0.3) is 5.91 Å². The van der Waals surface area contributed by atoms with Crippen molar-refractivity contribution < 1.29 is 19.1 Å². The van der Waals surface area contributed by atoms with E-state index in [1.54, 1.807) is 24.0 Å². The molecule has 3 atom stereocenters. The van der Waals surface area contributed by atoms with Crippen molar-refractivity contribution in [3.63, 3.8) is 0 Å². The minimum absolute atomic E-state index is 0.0392. The van der Waals surface area contributed by atoms with Gasteiger partial charge in [-0.1, -0.05) is 18.2 Å². The Morgan fingerprint density at radius 3 is 2.30 bits per heavy atom. The summed E-state index contributed by atoms with van der Waals surface area (Å²) in [6, 6.07) is 9.11. The first-order chi connectivity index (χ1) is 11.1. The maximum Gasteiger partial charge on any atom is 0.308 e. The first-order valence-corrected chi connectivity index (χ1v) is 8.14. The van der Waals surface area contributed by atoms with Gasteiger partial charge in [-0.15, -0.1) is 0 Å². The van der Waals surface area contributed by atoms with E-state index in [1.165, 1.54) is 0 Å². The minimum atomic E-state index is -0.246. The van der Waals surface area contributed by atoms with Gasteiger partial charge >= 0.3 is 5.97 Å². The van der Waals surface area contributed by atoms with Crippen LogP contribution < -0.4 is 0 Å². The number of nitrogens with zero attached hydrogens (tertiary/aromatic N) is 1. The van der Waals surface area contributed by atoms with Gasteiger partial charge in [0.05, 0.1) is 12.5 Å². The molecule has 3 rings (SSSR count). The molecule has 2 bridgehead atoms. The van der Waals surface area contributed by atoms with E-state index in [4.69, 9.17) is 4.74 Å². The van der Waals surface area contributed by atoms with Crippen molar-refractivity contribution in [1.29, 1.82) is 0 Å². The van der Waals surface area contributed by atoms with E-state index >= 15 is 0 Å². The molecule has 1 aliphatic heterocycles. The fourth-order valence-electron chi connectivity index (χ4n) is 3.67. The molecule has 0 radical (unpaired) electrons. The number of hydrogen-bond donors (Lipinski definition) is 0. The van der Waals surface area contributed by atoms with Crippen LogP contribution in [0.25, 0.3) is 0 Å². The molecule has 0 N–H and O–H groups in total. The molecule has 23 heavy (non-hydrogen) atoms. The summed E-state index contributed by atoms with van der Waals surface area (Å²) in [6.07, 6.45) is 0.986. The molecule has 5 nitrogen and oxygen atoms in total. The van der Waals surface area contributed by atoms with Crippen LogP contribution in [0.3, 0.4) is 0 Å². The van der Waals surface area contributed by atoms with Crippen molar-refractivity contribution in [3.8, 4) is 0 Å². The Balaban J connectivity index is 1.71. The van der Waals surface area contributed by atoms with E-state index in [2.05, 4.69) is 0 Å². The Kier molecular flexibility index (Phi) is 4.46. The van der Waals surface area contributed by atoms with Gasteiger partial charge in [-0.05, 0) is 31.9 Å². The Hall–Kier alpha value is -2.17. The SMILES string of the molecule is CCOC(=O)C1C[C@@H]2CN(C(=O)c3ccccc3)C[C@H](C1)C2=O. The van der Waals surface area contributed by atoms with E-state index in [0.29, 0.717) is 38.1 Å². The number of ketones is 1. The largest absolute Gasteiger partial charge is 0.466 e. The van der Waals surface area contributed by atoms with Crippen molar-refractivity contribution in [1.82, 2.24) is 4.90 Å². The number of hydrogen-bond acceptors (Lipinski definition) is 4. The van der Waals surface area contributed by atoms with E-state index < -0.39 is 0 Å². The number of likely N-dealkylation sites (tertiary alicyclic amines) is 1. The summed E-state index contributed by atoms with van der Waals surface area (Å²) in [5, 5.41) is 0. The highest BCUT2D eigenvalue weighted by Crippen LogP contribution is 2.36. The number of piperidine rings is 1. The number of amides is 1. The highest BCUT2D eigenvalue weighted by atomic mass is 16.5. The summed E-state index contributed by atoms with van der Waals surface area (Å²) >= 11 is 0. The van der Waals surface area contributed by atoms with Crippen molar-refractivity contribution in [2.75, 3.05) is 19.7 Å². The quantitative estimate of drug-likeness (QED) is 0.799. The van der Waals surface area contributed by atoms with E-state index in [-0.39, 0.29) is 35.4 Å². The van der Waals surface area contributed by atoms with E-state index in [1.807, 2.05) is 18.2 Å². The van der Waals surface area contributed by atoms with Crippen LogP contribution in [0.2, 0.25) is 0 Å². The van der Waals surface area contributed by atoms with Crippen LogP contribution in [-0.4, -0.2) is 42.3 Å². The molecule has 1 aromatic rings. The zero-order chi connectivity index (χ0) is 16.4. The van der Waals surface area contributed by atoms with Crippen LogP contribution in [0, 0.1) is 17.8 Å². The number of Topliss-reactive ketones (excluding diaryl/α,β-unsaturated/α-hetero) is 1. The molecule has 1 amide bonds. The summed E-state index contributed by atoms with van der Waals surface area (Å²) in [7, 11) is 0. The van der Waals surface area contributed by atoms with Gasteiger partial charge in [0, 0.05) is 30.5 Å². The van der Waals surface area contributed by atoms with Crippen molar-refractivity contribution in [2.45, 2.75) is 19.8 Å². The van der Waals surface area contributed by atoms with Crippen LogP contribution in [0.5, 0.6) is 0 Å². The summed E-state index contributed by atoms with van der Waals surface area (Å²) in [6.45, 7) is 2.95. The average Bonchev–Trinajstić information content (AvgIpc) is 2.55. The van der Waals surface area contributed by atoms with Crippen LogP contribution >= 0.6 is 0 Å². The molecule has 1 aliphatic carbocycles. The van der Waals surface area contributed by atoms with E-state index in [9.17, 15) is 14.4 Å². The minimum Gasteiger partial charge on any atom is -0.466 e. The lowest BCUT2D eigenvalue weighted by Crippen LogP contribution is -2.53. The first kappa shape index (κ1) is 15.7. The lowest BCUT2D eigenvalue weighted by atomic mass is 9.71. The topological polar surface area (TPSA) is 63.7 Å². The van der Waals surface area contributed by atoms with Crippen LogP contribution in [0.15, 0.2) is 30.3 Å². The predicted molar refractivity (Wildman–Crippen MR) is 83.7 cm³/mol. The van der Waals surface area contributed by atoms with Crippen molar-refractivity contribution >= 4 is 17.7 Å². The van der Waals surface area contributed by atoms with Gasteiger partial charge in [-0.25, -0.2) is 0 Å². The summed E-state index contributed by atoms with van der Waals surface area (Å²) in [4.78, 5) is 38.6. The second-order valence-electron chi connectivity index (χ2n) is 6.29. The monoisotopic (exact) mass is 315 g/mol. The standard InChI is InChI=1S/C18H21NO4/c1-2-23-18(22)13-8-14-10-19(11-15(9-13)16(14)20)17(21)12-6-4-3-5-7-12/h3-7,13-15H,2,8-11H2,1H3/t13?,14-,15+. The third kappa shape index (κ3) is 3.14. The van der Waals surface area contributed by atoms with Gasteiger partial charge in [0.15, 0.2) is 0 Å². The fourth-order valence-corrected chi connectivity index (χ4v) is 3.67. The summed E-state index contributed by atoms with van der Waals surface area (Å²) < 4.78 is 5.09. The Labute approximate surface area is 135 Å². The maximum absolute atomic E-state index is 12.6. The Morgan fingerprint density at radius 1 is 1.13 bits per heavy atom. The molecule has 0 spiro atoms. The van der Waals surface area contributed by atoms with Gasteiger partial charge < -0.3 is 9.64 Å². The molecule has 0 aromatic heterocycles. The second kappa shape index (κ2) is 6.52. The van der Waals surface area contributed by atoms with Gasteiger partial charge in [0.1, 0.15) is 5.78 Å². The van der Waals surface area contributed by atoms with Gasteiger partial charge in [-0.2, -0.15) is 0 Å². The molecule has 1 saturated heterocycles. The number of carbonyl (C=O) groups excluding carboxylic acids is 3. The molecule has 5 heteroatoms. The molecule has 122 valence electrons. The normalized spacial score (nSPS) is 26.7. The molecular formula is C18H21NO4. The highest BCUT2D eigenvalue weighted by molar-refractivity contribution is 5.96. The fraction of sp³-hybridized carbons (Fsp3) is 0.500. The maximum atomic E-state index is 12.6. The van der Waals surface area contributed by atoms with E-state index in [0.717, 1.165) is 0 Å². The molecular weight excluding hydrogens is 294 g/mol. The summed E-state index contributed by atoms with van der Waals surface area (Å²) in [5.41, 5.74) is 0.641. The molecule has 1 aromatic carbocycles. The van der Waals surface area contributed by atoms with Crippen LogP contribution in [0.1, 0.15) is 30.1 Å². The number of fused-ring (bicyclic) bond motifs is 2. The Morgan fingerprint density at radius 2 is 1.74 bits per heavy atom. The zero-order valence-corrected chi connectivity index (χ0v) is 13.2. The lowest BCUT2D eigenvalue weighted by molar-refractivity contribution is -0.153. The zero-order valence-electron chi connectivity index (χ0n) is 13.2. The Bertz CT molecular complexity index is 595.